The van der Waals surface area contributed by atoms with Crippen molar-refractivity contribution < 1.29 is 15.0 Å². The van der Waals surface area contributed by atoms with Gasteiger partial charge in [0.2, 0.25) is 0 Å². The van der Waals surface area contributed by atoms with E-state index in [1.807, 2.05) is 4.90 Å². The van der Waals surface area contributed by atoms with Gasteiger partial charge in [0.25, 0.3) is 0 Å². The van der Waals surface area contributed by atoms with Crippen molar-refractivity contribution in [2.75, 3.05) is 26.2 Å². The molecule has 1 saturated heterocycles. The lowest BCUT2D eigenvalue weighted by molar-refractivity contribution is -0.138. The quantitative estimate of drug-likeness (QED) is 0.610. The Balaban J connectivity index is 1.84. The van der Waals surface area contributed by atoms with Crippen LogP contribution in [0, 0.1) is 5.92 Å². The number of rotatable bonds is 7. The Hall–Kier alpha value is -0.650. The molecule has 1 aliphatic heterocycles. The second-order valence-corrected chi connectivity index (χ2v) is 5.69. The van der Waals surface area contributed by atoms with Gasteiger partial charge in [0.05, 0.1) is 6.54 Å². The first-order valence-electron chi connectivity index (χ1n) is 6.98. The second-order valence-electron chi connectivity index (χ2n) is 5.69. The average Bonchev–Trinajstić information content (AvgIpc) is 3.09. The lowest BCUT2D eigenvalue weighted by Gasteiger charge is -2.37. The van der Waals surface area contributed by atoms with E-state index in [4.69, 9.17) is 10.2 Å². The van der Waals surface area contributed by atoms with E-state index < -0.39 is 5.97 Å². The highest BCUT2D eigenvalue weighted by Crippen LogP contribution is 2.25. The second kappa shape index (κ2) is 6.50. The molecule has 2 unspecified atom stereocenters. The van der Waals surface area contributed by atoms with E-state index in [-0.39, 0.29) is 13.2 Å². The molecule has 0 aromatic carbocycles. The van der Waals surface area contributed by atoms with Crippen LogP contribution in [0.25, 0.3) is 0 Å². The molecule has 0 spiro atoms. The van der Waals surface area contributed by atoms with Gasteiger partial charge in [0.1, 0.15) is 0 Å². The summed E-state index contributed by atoms with van der Waals surface area (Å²) in [6, 6.07) is 1.09. The Morgan fingerprint density at radius 1 is 1.28 bits per heavy atom. The number of carboxylic acids is 1. The van der Waals surface area contributed by atoms with Gasteiger partial charge in [0, 0.05) is 31.8 Å². The summed E-state index contributed by atoms with van der Waals surface area (Å²) >= 11 is 0. The van der Waals surface area contributed by atoms with Gasteiger partial charge in [-0.2, -0.15) is 0 Å². The van der Waals surface area contributed by atoms with Gasteiger partial charge in [-0.3, -0.25) is 9.69 Å². The smallest absolute Gasteiger partial charge is 0.317 e. The van der Waals surface area contributed by atoms with Crippen LogP contribution < -0.4 is 5.32 Å². The summed E-state index contributed by atoms with van der Waals surface area (Å²) in [5.41, 5.74) is 0. The topological polar surface area (TPSA) is 72.8 Å². The van der Waals surface area contributed by atoms with E-state index in [1.165, 1.54) is 12.8 Å². The molecule has 0 radical (unpaired) electrons. The fourth-order valence-electron chi connectivity index (χ4n) is 2.92. The van der Waals surface area contributed by atoms with Crippen molar-refractivity contribution in [2.45, 2.75) is 44.2 Å². The zero-order valence-corrected chi connectivity index (χ0v) is 10.8. The van der Waals surface area contributed by atoms with Crippen LogP contribution in [0.5, 0.6) is 0 Å². The number of aliphatic hydroxyl groups excluding tert-OH is 1. The van der Waals surface area contributed by atoms with Crippen LogP contribution in [0.2, 0.25) is 0 Å². The molecule has 2 aliphatic rings. The third kappa shape index (κ3) is 4.55. The van der Waals surface area contributed by atoms with E-state index in [2.05, 4.69) is 5.32 Å². The van der Waals surface area contributed by atoms with Gasteiger partial charge in [-0.15, -0.1) is 0 Å². The molecule has 1 aliphatic carbocycles. The van der Waals surface area contributed by atoms with Gasteiger partial charge in [-0.25, -0.2) is 0 Å². The standard InChI is InChI=1S/C13H24N2O3/c16-5-1-2-10-6-12(14-11-3-4-11)8-15(7-10)9-13(17)18/h10-12,14,16H,1-9H2,(H,17,18). The third-order valence-corrected chi connectivity index (χ3v) is 3.79. The van der Waals surface area contributed by atoms with E-state index in [0.717, 1.165) is 32.4 Å². The Morgan fingerprint density at radius 2 is 2.06 bits per heavy atom. The maximum absolute atomic E-state index is 10.8. The zero-order chi connectivity index (χ0) is 13.0. The summed E-state index contributed by atoms with van der Waals surface area (Å²) in [7, 11) is 0. The van der Waals surface area contributed by atoms with Crippen LogP contribution in [0.3, 0.4) is 0 Å². The monoisotopic (exact) mass is 256 g/mol. The number of aliphatic carboxylic acids is 1. The number of piperidine rings is 1. The maximum atomic E-state index is 10.8. The molecule has 18 heavy (non-hydrogen) atoms. The third-order valence-electron chi connectivity index (χ3n) is 3.79. The molecule has 0 amide bonds. The number of nitrogens with zero attached hydrogens (tertiary/aromatic N) is 1. The van der Waals surface area contributed by atoms with Crippen molar-refractivity contribution in [2.24, 2.45) is 5.92 Å². The van der Waals surface area contributed by atoms with Gasteiger partial charge < -0.3 is 15.5 Å². The molecule has 0 aromatic heterocycles. The van der Waals surface area contributed by atoms with Crippen LogP contribution >= 0.6 is 0 Å². The molecule has 0 aromatic rings. The molecule has 3 N–H and O–H groups in total. The van der Waals surface area contributed by atoms with E-state index >= 15 is 0 Å². The van der Waals surface area contributed by atoms with Crippen molar-refractivity contribution in [3.63, 3.8) is 0 Å². The zero-order valence-electron chi connectivity index (χ0n) is 10.8. The number of likely N-dealkylation sites (tertiary alicyclic amines) is 1. The van der Waals surface area contributed by atoms with Crippen molar-refractivity contribution in [3.05, 3.63) is 0 Å². The van der Waals surface area contributed by atoms with Crippen LogP contribution in [-0.2, 0) is 4.79 Å². The van der Waals surface area contributed by atoms with Gasteiger partial charge in [0.15, 0.2) is 0 Å². The molecule has 2 rings (SSSR count). The molecule has 2 atom stereocenters. The predicted molar refractivity (Wildman–Crippen MR) is 68.4 cm³/mol. The Kier molecular flexibility index (Phi) is 4.97. The fourth-order valence-corrected chi connectivity index (χ4v) is 2.92. The number of carboxylic acid groups (broad SMARTS) is 1. The van der Waals surface area contributed by atoms with Gasteiger partial charge in [-0.1, -0.05) is 0 Å². The molecule has 1 heterocycles. The van der Waals surface area contributed by atoms with Crippen LogP contribution in [-0.4, -0.2) is 59.4 Å². The highest BCUT2D eigenvalue weighted by atomic mass is 16.4. The molecule has 1 saturated carbocycles. The summed E-state index contributed by atoms with van der Waals surface area (Å²) in [5, 5.41) is 21.4. The minimum atomic E-state index is -0.747. The van der Waals surface area contributed by atoms with Gasteiger partial charge in [-0.05, 0) is 38.0 Å². The number of carbonyl (C=O) groups is 1. The normalized spacial score (nSPS) is 29.4. The minimum absolute atomic E-state index is 0.137. The number of aliphatic hydroxyl groups is 1. The lowest BCUT2D eigenvalue weighted by Crippen LogP contribution is -2.51. The van der Waals surface area contributed by atoms with E-state index in [0.29, 0.717) is 18.0 Å². The summed E-state index contributed by atoms with van der Waals surface area (Å²) in [6.07, 6.45) is 5.46. The minimum Gasteiger partial charge on any atom is -0.480 e. The Bertz CT molecular complexity index is 281. The summed E-state index contributed by atoms with van der Waals surface area (Å²) in [4.78, 5) is 12.9. The lowest BCUT2D eigenvalue weighted by atomic mass is 9.90. The number of hydrogen-bond acceptors (Lipinski definition) is 4. The molecule has 5 heteroatoms. The molecule has 5 nitrogen and oxygen atoms in total. The van der Waals surface area contributed by atoms with Gasteiger partial charge >= 0.3 is 5.97 Å². The van der Waals surface area contributed by atoms with Crippen molar-refractivity contribution in [3.8, 4) is 0 Å². The maximum Gasteiger partial charge on any atom is 0.317 e. The van der Waals surface area contributed by atoms with Crippen molar-refractivity contribution in [1.29, 1.82) is 0 Å². The van der Waals surface area contributed by atoms with E-state index in [1.54, 1.807) is 0 Å². The SMILES string of the molecule is O=C(O)CN1CC(CCCO)CC(NC2CC2)C1. The number of nitrogens with one attached hydrogen (secondary N) is 1. The highest BCUT2D eigenvalue weighted by Gasteiger charge is 2.31. The molecule has 0 bridgehead atoms. The predicted octanol–water partition coefficient (Wildman–Crippen LogP) is 0.286. The Morgan fingerprint density at radius 3 is 2.67 bits per heavy atom. The first-order chi connectivity index (χ1) is 8.67. The largest absolute Gasteiger partial charge is 0.480 e. The highest BCUT2D eigenvalue weighted by molar-refractivity contribution is 5.69. The first kappa shape index (κ1) is 13.8. The Labute approximate surface area is 108 Å². The van der Waals surface area contributed by atoms with Crippen LogP contribution in [0.4, 0.5) is 0 Å². The molecule has 2 fully saturated rings. The summed E-state index contributed by atoms with van der Waals surface area (Å²) < 4.78 is 0. The number of hydrogen-bond donors (Lipinski definition) is 3. The molecule has 104 valence electrons. The van der Waals surface area contributed by atoms with Crippen LogP contribution in [0.1, 0.15) is 32.1 Å². The molecular formula is C13H24N2O3. The molecular weight excluding hydrogens is 232 g/mol. The van der Waals surface area contributed by atoms with E-state index in [9.17, 15) is 4.79 Å². The summed E-state index contributed by atoms with van der Waals surface area (Å²) in [6.45, 7) is 2.07. The summed E-state index contributed by atoms with van der Waals surface area (Å²) in [5.74, 6) is -0.232. The first-order valence-corrected chi connectivity index (χ1v) is 6.98. The fraction of sp³-hybridized carbons (Fsp3) is 0.923. The van der Waals surface area contributed by atoms with Crippen molar-refractivity contribution >= 4 is 5.97 Å². The van der Waals surface area contributed by atoms with Crippen molar-refractivity contribution in [1.82, 2.24) is 10.2 Å². The van der Waals surface area contributed by atoms with Crippen LogP contribution in [0.15, 0.2) is 0 Å². The average molecular weight is 256 g/mol.